The van der Waals surface area contributed by atoms with Crippen molar-refractivity contribution in [1.29, 1.82) is 0 Å². The largest absolute Gasteiger partial charge is 0.384 e. The summed E-state index contributed by atoms with van der Waals surface area (Å²) in [4.78, 5) is 4.61. The first-order chi connectivity index (χ1) is 8.76. The van der Waals surface area contributed by atoms with Gasteiger partial charge in [-0.1, -0.05) is 29.8 Å². The van der Waals surface area contributed by atoms with Crippen molar-refractivity contribution in [3.05, 3.63) is 40.5 Å². The summed E-state index contributed by atoms with van der Waals surface area (Å²) in [6.07, 6.45) is 0.827. The smallest absolute Gasteiger partial charge is 0.0884 e. The summed E-state index contributed by atoms with van der Waals surface area (Å²) in [6, 6.07) is 7.89. The third kappa shape index (κ3) is 2.80. The van der Waals surface area contributed by atoms with Gasteiger partial charge in [0.05, 0.1) is 29.4 Å². The molecule has 96 valence electrons. The van der Waals surface area contributed by atoms with E-state index < -0.39 is 0 Å². The maximum absolute atomic E-state index is 6.28. The van der Waals surface area contributed by atoms with E-state index in [-0.39, 0.29) is 0 Å². The van der Waals surface area contributed by atoms with Gasteiger partial charge in [-0.15, -0.1) is 0 Å². The number of ether oxygens (including phenoxy) is 2. The van der Waals surface area contributed by atoms with Crippen molar-refractivity contribution in [3.63, 3.8) is 0 Å². The van der Waals surface area contributed by atoms with Crippen LogP contribution in [0.15, 0.2) is 24.3 Å². The van der Waals surface area contributed by atoms with Gasteiger partial charge in [0.15, 0.2) is 0 Å². The minimum atomic E-state index is 0.467. The zero-order valence-electron chi connectivity index (χ0n) is 10.6. The molecule has 0 fully saturated rings. The molecule has 1 aromatic carbocycles. The Morgan fingerprint density at radius 1 is 1.22 bits per heavy atom. The molecule has 0 aliphatic rings. The molecular formula is C14H16ClNO2. The second-order valence-electron chi connectivity index (χ2n) is 4.08. The van der Waals surface area contributed by atoms with Gasteiger partial charge >= 0.3 is 0 Å². The number of para-hydroxylation sites is 1. The van der Waals surface area contributed by atoms with E-state index in [9.17, 15) is 0 Å². The van der Waals surface area contributed by atoms with E-state index in [1.807, 2.05) is 18.2 Å². The Morgan fingerprint density at radius 2 is 2.06 bits per heavy atom. The summed E-state index contributed by atoms with van der Waals surface area (Å²) in [6.45, 7) is 1.14. The van der Waals surface area contributed by atoms with Crippen LogP contribution in [-0.2, 0) is 22.5 Å². The summed E-state index contributed by atoms with van der Waals surface area (Å²) >= 11 is 6.28. The van der Waals surface area contributed by atoms with Crippen molar-refractivity contribution in [2.24, 2.45) is 0 Å². The topological polar surface area (TPSA) is 31.4 Å². The van der Waals surface area contributed by atoms with Crippen molar-refractivity contribution in [2.45, 2.75) is 13.0 Å². The first kappa shape index (κ1) is 13.3. The molecule has 0 bridgehead atoms. The summed E-state index contributed by atoms with van der Waals surface area (Å²) in [7, 11) is 3.35. The second kappa shape index (κ2) is 6.14. The van der Waals surface area contributed by atoms with Crippen molar-refractivity contribution in [2.75, 3.05) is 20.8 Å². The van der Waals surface area contributed by atoms with Gasteiger partial charge in [0, 0.05) is 19.6 Å². The first-order valence-corrected chi connectivity index (χ1v) is 6.19. The second-order valence-corrected chi connectivity index (χ2v) is 4.49. The van der Waals surface area contributed by atoms with Gasteiger partial charge in [0.2, 0.25) is 0 Å². The molecule has 0 aliphatic carbocycles. The first-order valence-electron chi connectivity index (χ1n) is 5.81. The molecule has 0 N–H and O–H groups in total. The van der Waals surface area contributed by atoms with E-state index in [0.717, 1.165) is 28.6 Å². The average Bonchev–Trinajstić information content (AvgIpc) is 2.37. The zero-order valence-corrected chi connectivity index (χ0v) is 11.3. The molecule has 0 spiro atoms. The number of hydrogen-bond donors (Lipinski definition) is 0. The van der Waals surface area contributed by atoms with Gasteiger partial charge < -0.3 is 9.47 Å². The number of fused-ring (bicyclic) bond motifs is 1. The molecule has 1 aromatic heterocycles. The maximum Gasteiger partial charge on any atom is 0.0884 e. The molecule has 2 aromatic rings. The van der Waals surface area contributed by atoms with E-state index in [0.29, 0.717) is 18.2 Å². The highest BCUT2D eigenvalue weighted by atomic mass is 35.5. The van der Waals surface area contributed by atoms with Gasteiger partial charge in [-0.25, -0.2) is 4.98 Å². The van der Waals surface area contributed by atoms with Crippen LogP contribution in [0.5, 0.6) is 0 Å². The Balaban J connectivity index is 2.51. The Labute approximate surface area is 112 Å². The molecular weight excluding hydrogens is 250 g/mol. The zero-order chi connectivity index (χ0) is 13.0. The summed E-state index contributed by atoms with van der Waals surface area (Å²) < 4.78 is 10.2. The van der Waals surface area contributed by atoms with Crippen LogP contribution >= 0.6 is 11.6 Å². The Bertz CT molecular complexity index is 543. The fourth-order valence-electron chi connectivity index (χ4n) is 1.95. The lowest BCUT2D eigenvalue weighted by Gasteiger charge is -2.09. The van der Waals surface area contributed by atoms with Crippen molar-refractivity contribution in [3.8, 4) is 0 Å². The fourth-order valence-corrected chi connectivity index (χ4v) is 2.23. The van der Waals surface area contributed by atoms with Crippen LogP contribution in [0.25, 0.3) is 10.9 Å². The van der Waals surface area contributed by atoms with Gasteiger partial charge in [-0.3, -0.25) is 0 Å². The number of methoxy groups -OCH3 is 2. The number of pyridine rings is 1. The predicted molar refractivity (Wildman–Crippen MR) is 73.0 cm³/mol. The van der Waals surface area contributed by atoms with Crippen LogP contribution in [0.2, 0.25) is 5.02 Å². The third-order valence-electron chi connectivity index (χ3n) is 2.79. The van der Waals surface area contributed by atoms with E-state index >= 15 is 0 Å². The summed E-state index contributed by atoms with van der Waals surface area (Å²) in [5, 5.41) is 1.69. The molecule has 18 heavy (non-hydrogen) atoms. The summed E-state index contributed by atoms with van der Waals surface area (Å²) in [5.41, 5.74) is 2.93. The van der Waals surface area contributed by atoms with Crippen LogP contribution in [-0.4, -0.2) is 25.8 Å². The molecule has 2 rings (SSSR count). The van der Waals surface area contributed by atoms with Crippen molar-refractivity contribution < 1.29 is 9.47 Å². The highest BCUT2D eigenvalue weighted by Crippen LogP contribution is 2.26. The number of rotatable bonds is 5. The molecule has 0 saturated heterocycles. The van der Waals surface area contributed by atoms with Crippen LogP contribution in [0.4, 0.5) is 0 Å². The summed E-state index contributed by atoms with van der Waals surface area (Å²) in [5.74, 6) is 0. The fraction of sp³-hybridized carbons (Fsp3) is 0.357. The van der Waals surface area contributed by atoms with Gasteiger partial charge in [0.25, 0.3) is 0 Å². The number of hydrogen-bond acceptors (Lipinski definition) is 3. The van der Waals surface area contributed by atoms with Crippen LogP contribution in [0.3, 0.4) is 0 Å². The number of benzene rings is 1. The van der Waals surface area contributed by atoms with E-state index in [1.165, 1.54) is 0 Å². The Hall–Kier alpha value is -1.16. The van der Waals surface area contributed by atoms with Gasteiger partial charge in [-0.2, -0.15) is 0 Å². The lowest BCUT2D eigenvalue weighted by Crippen LogP contribution is -1.99. The number of halogens is 1. The molecule has 3 nitrogen and oxygen atoms in total. The van der Waals surface area contributed by atoms with Crippen LogP contribution < -0.4 is 0 Å². The highest BCUT2D eigenvalue weighted by molar-refractivity contribution is 6.35. The van der Waals surface area contributed by atoms with Crippen molar-refractivity contribution in [1.82, 2.24) is 4.98 Å². The number of aromatic nitrogens is 1. The Kier molecular flexibility index (Phi) is 4.53. The van der Waals surface area contributed by atoms with Gasteiger partial charge in [0.1, 0.15) is 0 Å². The normalized spacial score (nSPS) is 11.1. The third-order valence-corrected chi connectivity index (χ3v) is 3.11. The van der Waals surface area contributed by atoms with Crippen molar-refractivity contribution >= 4 is 22.5 Å². The van der Waals surface area contributed by atoms with Crippen LogP contribution in [0.1, 0.15) is 11.3 Å². The Morgan fingerprint density at radius 3 is 2.78 bits per heavy atom. The minimum absolute atomic E-state index is 0.467. The highest BCUT2D eigenvalue weighted by Gasteiger charge is 2.08. The van der Waals surface area contributed by atoms with E-state index in [4.69, 9.17) is 21.1 Å². The maximum atomic E-state index is 6.28. The quantitative estimate of drug-likeness (QED) is 0.832. The molecule has 4 heteroatoms. The standard InChI is InChI=1S/C14H16ClNO2/c1-17-7-6-10-4-3-5-12-13(15)8-11(9-18-2)16-14(10)12/h3-5,8H,6-7,9H2,1-2H3. The lowest BCUT2D eigenvalue weighted by atomic mass is 10.1. The van der Waals surface area contributed by atoms with E-state index in [2.05, 4.69) is 11.1 Å². The minimum Gasteiger partial charge on any atom is -0.384 e. The molecule has 0 unspecified atom stereocenters. The number of nitrogens with zero attached hydrogens (tertiary/aromatic N) is 1. The molecule has 0 amide bonds. The van der Waals surface area contributed by atoms with Gasteiger partial charge in [-0.05, 0) is 18.1 Å². The molecule has 0 aliphatic heterocycles. The monoisotopic (exact) mass is 265 g/mol. The molecule has 0 saturated carbocycles. The SMILES string of the molecule is COCCc1cccc2c(Cl)cc(COC)nc12. The van der Waals surface area contributed by atoms with E-state index in [1.54, 1.807) is 14.2 Å². The molecule has 0 atom stereocenters. The predicted octanol–water partition coefficient (Wildman–Crippen LogP) is 3.22. The molecule has 0 radical (unpaired) electrons. The van der Waals surface area contributed by atoms with Crippen LogP contribution in [0, 0.1) is 0 Å². The molecule has 1 heterocycles. The average molecular weight is 266 g/mol. The lowest BCUT2D eigenvalue weighted by molar-refractivity contribution is 0.182.